The van der Waals surface area contributed by atoms with Gasteiger partial charge in [0.2, 0.25) is 0 Å². The Hall–Kier alpha value is -1.10. The van der Waals surface area contributed by atoms with Crippen LogP contribution >= 0.6 is 0 Å². The minimum atomic E-state index is -0.693. The van der Waals surface area contributed by atoms with E-state index in [1.54, 1.807) is 0 Å². The fourth-order valence-electron chi connectivity index (χ4n) is 0.578. The largest absolute Gasteiger partial charge is 0.481 e. The molecule has 0 rings (SSSR count). The van der Waals surface area contributed by atoms with Gasteiger partial charge >= 0.3 is 11.9 Å². The molecule has 0 heterocycles. The highest BCUT2D eigenvalue weighted by Crippen LogP contribution is 1.91. The van der Waals surface area contributed by atoms with Crippen LogP contribution in [0.5, 0.6) is 0 Å². The standard InChI is InChI=1S/C5H10O2.C4H8O3/c1-2-3-4-5(6)7;1-2-3-4(5)7-6/h2-4H2,1H3,(H,6,7);6H,2-3H2,1H3. The molecule has 5 nitrogen and oxygen atoms in total. The first-order chi connectivity index (χ1) is 6.58. The highest BCUT2D eigenvalue weighted by molar-refractivity contribution is 5.68. The summed E-state index contributed by atoms with van der Waals surface area (Å²) in [7, 11) is 0. The molecule has 5 heteroatoms. The van der Waals surface area contributed by atoms with E-state index in [-0.39, 0.29) is 6.42 Å². The van der Waals surface area contributed by atoms with Crippen molar-refractivity contribution < 1.29 is 24.8 Å². The average molecular weight is 206 g/mol. The fraction of sp³-hybridized carbons (Fsp3) is 0.778. The quantitative estimate of drug-likeness (QED) is 0.531. The van der Waals surface area contributed by atoms with Crippen molar-refractivity contribution in [3.8, 4) is 0 Å². The van der Waals surface area contributed by atoms with Crippen LogP contribution in [0.4, 0.5) is 0 Å². The Morgan fingerprint density at radius 3 is 1.86 bits per heavy atom. The predicted molar refractivity (Wildman–Crippen MR) is 50.8 cm³/mol. The van der Waals surface area contributed by atoms with E-state index in [1.807, 2.05) is 13.8 Å². The average Bonchev–Trinajstić information content (AvgIpc) is 2.16. The Balaban J connectivity index is 0. The van der Waals surface area contributed by atoms with Gasteiger partial charge in [0.25, 0.3) is 0 Å². The number of hydrogen-bond donors (Lipinski definition) is 2. The van der Waals surface area contributed by atoms with Crippen molar-refractivity contribution in [2.45, 2.75) is 46.0 Å². The molecule has 0 aliphatic carbocycles. The van der Waals surface area contributed by atoms with Crippen LogP contribution in [0.3, 0.4) is 0 Å². The summed E-state index contributed by atoms with van der Waals surface area (Å²) in [4.78, 5) is 23.0. The monoisotopic (exact) mass is 206 g/mol. The Kier molecular flexibility index (Phi) is 13.1. The smallest absolute Gasteiger partial charge is 0.342 e. The van der Waals surface area contributed by atoms with Crippen LogP contribution in [-0.2, 0) is 14.5 Å². The van der Waals surface area contributed by atoms with E-state index in [9.17, 15) is 9.59 Å². The van der Waals surface area contributed by atoms with E-state index in [4.69, 9.17) is 10.4 Å². The molecule has 14 heavy (non-hydrogen) atoms. The number of carboxylic acids is 1. The van der Waals surface area contributed by atoms with E-state index in [1.165, 1.54) is 0 Å². The van der Waals surface area contributed by atoms with Gasteiger partial charge in [0.15, 0.2) is 0 Å². The lowest BCUT2D eigenvalue weighted by atomic mass is 10.3. The molecule has 0 aliphatic heterocycles. The van der Waals surface area contributed by atoms with E-state index >= 15 is 0 Å². The van der Waals surface area contributed by atoms with Gasteiger partial charge in [-0.15, -0.1) is 0 Å². The summed E-state index contributed by atoms with van der Waals surface area (Å²) in [5.74, 6) is -1.26. The van der Waals surface area contributed by atoms with Crippen molar-refractivity contribution in [3.05, 3.63) is 0 Å². The van der Waals surface area contributed by atoms with Gasteiger partial charge in [0.05, 0.1) is 0 Å². The zero-order valence-electron chi connectivity index (χ0n) is 8.65. The van der Waals surface area contributed by atoms with Crippen molar-refractivity contribution in [1.29, 1.82) is 0 Å². The molecular formula is C9H18O5. The maximum absolute atomic E-state index is 9.94. The van der Waals surface area contributed by atoms with Crippen molar-refractivity contribution in [2.24, 2.45) is 0 Å². The maximum atomic E-state index is 9.94. The van der Waals surface area contributed by atoms with Crippen molar-refractivity contribution in [3.63, 3.8) is 0 Å². The number of hydrogen-bond acceptors (Lipinski definition) is 4. The Labute approximate surface area is 83.6 Å². The summed E-state index contributed by atoms with van der Waals surface area (Å²) in [6, 6.07) is 0. The topological polar surface area (TPSA) is 83.8 Å². The van der Waals surface area contributed by atoms with Gasteiger partial charge in [-0.3, -0.25) is 4.79 Å². The molecule has 84 valence electrons. The van der Waals surface area contributed by atoms with E-state index in [0.29, 0.717) is 12.8 Å². The van der Waals surface area contributed by atoms with Gasteiger partial charge in [-0.05, 0) is 12.8 Å². The normalized spacial score (nSPS) is 8.50. The first kappa shape index (κ1) is 15.4. The molecule has 0 aromatic carbocycles. The first-order valence-electron chi connectivity index (χ1n) is 4.64. The molecule has 0 spiro atoms. The zero-order valence-corrected chi connectivity index (χ0v) is 8.65. The third kappa shape index (κ3) is 17.1. The van der Waals surface area contributed by atoms with Gasteiger partial charge in [-0.1, -0.05) is 20.3 Å². The second-order valence-corrected chi connectivity index (χ2v) is 2.71. The van der Waals surface area contributed by atoms with Crippen LogP contribution in [-0.4, -0.2) is 22.3 Å². The van der Waals surface area contributed by atoms with Gasteiger partial charge in [0, 0.05) is 12.8 Å². The Morgan fingerprint density at radius 2 is 1.71 bits per heavy atom. The van der Waals surface area contributed by atoms with E-state index < -0.39 is 11.9 Å². The molecule has 0 bridgehead atoms. The van der Waals surface area contributed by atoms with Gasteiger partial charge < -0.3 is 9.99 Å². The lowest BCUT2D eigenvalue weighted by molar-refractivity contribution is -0.234. The number of carbonyl (C=O) groups is 2. The van der Waals surface area contributed by atoms with Crippen LogP contribution in [0.1, 0.15) is 46.0 Å². The van der Waals surface area contributed by atoms with Crippen LogP contribution in [0, 0.1) is 0 Å². The zero-order chi connectivity index (χ0) is 11.4. The van der Waals surface area contributed by atoms with Crippen LogP contribution in [0.15, 0.2) is 0 Å². The molecule has 0 saturated heterocycles. The lowest BCUT2D eigenvalue weighted by Crippen LogP contribution is -1.97. The second kappa shape index (κ2) is 11.9. The molecule has 0 radical (unpaired) electrons. The minimum Gasteiger partial charge on any atom is -0.481 e. The number of unbranched alkanes of at least 4 members (excludes halogenated alkanes) is 1. The molecule has 0 amide bonds. The van der Waals surface area contributed by atoms with Crippen molar-refractivity contribution in [2.75, 3.05) is 0 Å². The third-order valence-electron chi connectivity index (χ3n) is 1.30. The Morgan fingerprint density at radius 1 is 1.14 bits per heavy atom. The van der Waals surface area contributed by atoms with Crippen LogP contribution in [0.25, 0.3) is 0 Å². The number of aliphatic carboxylic acids is 1. The fourth-order valence-corrected chi connectivity index (χ4v) is 0.578. The molecule has 0 aliphatic rings. The second-order valence-electron chi connectivity index (χ2n) is 2.71. The number of rotatable bonds is 5. The van der Waals surface area contributed by atoms with E-state index in [0.717, 1.165) is 12.8 Å². The summed E-state index contributed by atoms with van der Waals surface area (Å²) in [5, 5.41) is 15.7. The van der Waals surface area contributed by atoms with E-state index in [2.05, 4.69) is 4.89 Å². The molecule has 0 saturated carbocycles. The van der Waals surface area contributed by atoms with Crippen LogP contribution in [0.2, 0.25) is 0 Å². The Bertz CT molecular complexity index is 155. The highest BCUT2D eigenvalue weighted by atomic mass is 17.1. The van der Waals surface area contributed by atoms with Gasteiger partial charge in [-0.25, -0.2) is 4.79 Å². The first-order valence-corrected chi connectivity index (χ1v) is 4.64. The lowest BCUT2D eigenvalue weighted by Gasteiger charge is -1.87. The van der Waals surface area contributed by atoms with Gasteiger partial charge in [0.1, 0.15) is 0 Å². The minimum absolute atomic E-state index is 0.288. The third-order valence-corrected chi connectivity index (χ3v) is 1.30. The summed E-state index contributed by atoms with van der Waals surface area (Å²) in [5.41, 5.74) is 0. The highest BCUT2D eigenvalue weighted by Gasteiger charge is 1.95. The molecule has 0 atom stereocenters. The summed E-state index contributed by atoms with van der Waals surface area (Å²) in [6.45, 7) is 3.81. The number of carboxylic acid groups (broad SMARTS) is 1. The van der Waals surface area contributed by atoms with Crippen molar-refractivity contribution >= 4 is 11.9 Å². The predicted octanol–water partition coefficient (Wildman–Crippen LogP) is 2.06. The molecule has 0 aromatic rings. The molecule has 0 unspecified atom stereocenters. The summed E-state index contributed by atoms with van der Waals surface area (Å²) < 4.78 is 0. The SMILES string of the molecule is CCCC(=O)OO.CCCCC(=O)O. The molecular weight excluding hydrogens is 188 g/mol. The summed E-state index contributed by atoms with van der Waals surface area (Å²) >= 11 is 0. The molecule has 0 aromatic heterocycles. The number of carbonyl (C=O) groups excluding carboxylic acids is 1. The van der Waals surface area contributed by atoms with Gasteiger partial charge in [-0.2, -0.15) is 5.26 Å². The molecule has 0 fully saturated rings. The van der Waals surface area contributed by atoms with Crippen molar-refractivity contribution in [1.82, 2.24) is 0 Å². The van der Waals surface area contributed by atoms with Crippen LogP contribution < -0.4 is 0 Å². The maximum Gasteiger partial charge on any atom is 0.342 e. The molecule has 2 N–H and O–H groups in total. The summed E-state index contributed by atoms with van der Waals surface area (Å²) in [6.07, 6.45) is 3.08.